The average molecular weight is 387 g/mol. The summed E-state index contributed by atoms with van der Waals surface area (Å²) in [7, 11) is 0. The van der Waals surface area contributed by atoms with Gasteiger partial charge >= 0.3 is 6.18 Å². The second kappa shape index (κ2) is 8.03. The molecule has 6 nitrogen and oxygen atoms in total. The predicted octanol–water partition coefficient (Wildman–Crippen LogP) is 4.06. The van der Waals surface area contributed by atoms with Crippen LogP contribution < -0.4 is 10.6 Å². The number of carbonyl (C=O) groups excluding carboxylic acids is 1. The minimum Gasteiger partial charge on any atom is -0.366 e. The fourth-order valence-electron chi connectivity index (χ4n) is 2.41. The molecule has 2 N–H and O–H groups in total. The van der Waals surface area contributed by atoms with Crippen molar-refractivity contribution in [3.63, 3.8) is 0 Å². The summed E-state index contributed by atoms with van der Waals surface area (Å²) in [6.45, 7) is 2.13. The molecular formula is C19H16F3N5O. The molecule has 9 heteroatoms. The molecule has 1 amide bonds. The maximum atomic E-state index is 12.6. The van der Waals surface area contributed by atoms with Crippen LogP contribution in [0.4, 0.5) is 24.7 Å². The third-order valence-electron chi connectivity index (χ3n) is 3.76. The van der Waals surface area contributed by atoms with E-state index in [2.05, 4.69) is 25.6 Å². The number of benzene rings is 1. The second-order valence-corrected chi connectivity index (χ2v) is 5.92. The van der Waals surface area contributed by atoms with E-state index in [1.54, 1.807) is 19.3 Å². The van der Waals surface area contributed by atoms with Gasteiger partial charge in [-0.15, -0.1) is 0 Å². The number of hydrogen-bond acceptors (Lipinski definition) is 5. The number of alkyl halides is 3. The predicted molar refractivity (Wildman–Crippen MR) is 97.7 cm³/mol. The van der Waals surface area contributed by atoms with Crippen molar-refractivity contribution < 1.29 is 18.0 Å². The summed E-state index contributed by atoms with van der Waals surface area (Å²) >= 11 is 0. The van der Waals surface area contributed by atoms with Crippen LogP contribution in [0.2, 0.25) is 0 Å². The van der Waals surface area contributed by atoms with Crippen LogP contribution in [0, 0.1) is 6.92 Å². The summed E-state index contributed by atoms with van der Waals surface area (Å²) < 4.78 is 37.8. The summed E-state index contributed by atoms with van der Waals surface area (Å²) in [5.74, 6) is 0.302. The number of nitrogens with zero attached hydrogens (tertiary/aromatic N) is 3. The van der Waals surface area contributed by atoms with Gasteiger partial charge in [0.15, 0.2) is 0 Å². The fraction of sp³-hybridized carbons (Fsp3) is 0.158. The van der Waals surface area contributed by atoms with Crippen LogP contribution in [0.25, 0.3) is 0 Å². The number of rotatable bonds is 5. The molecule has 0 aliphatic carbocycles. The SMILES string of the molecule is Cc1nc(NCc2ccncc2)cc(C(=O)Nc2ccc(C(F)(F)F)cc2)n1. The number of nitrogens with one attached hydrogen (secondary N) is 2. The zero-order valence-corrected chi connectivity index (χ0v) is 14.8. The number of amides is 1. The molecule has 0 atom stereocenters. The Morgan fingerprint density at radius 1 is 1.04 bits per heavy atom. The van der Waals surface area contributed by atoms with Gasteiger partial charge in [-0.1, -0.05) is 0 Å². The maximum absolute atomic E-state index is 12.6. The lowest BCUT2D eigenvalue weighted by Gasteiger charge is -2.10. The van der Waals surface area contributed by atoms with E-state index in [9.17, 15) is 18.0 Å². The van der Waals surface area contributed by atoms with Gasteiger partial charge in [0.25, 0.3) is 5.91 Å². The lowest BCUT2D eigenvalue weighted by molar-refractivity contribution is -0.137. The standard InChI is InChI=1S/C19H16F3N5O/c1-12-25-16(10-17(26-12)24-11-13-6-8-23-9-7-13)18(28)27-15-4-2-14(3-5-15)19(20,21)22/h2-10H,11H2,1H3,(H,27,28)(H,24,25,26). The second-order valence-electron chi connectivity index (χ2n) is 5.92. The summed E-state index contributed by atoms with van der Waals surface area (Å²) in [4.78, 5) is 24.7. The average Bonchev–Trinajstić information content (AvgIpc) is 2.66. The lowest BCUT2D eigenvalue weighted by atomic mass is 10.2. The van der Waals surface area contributed by atoms with Gasteiger partial charge in [0.1, 0.15) is 17.3 Å². The van der Waals surface area contributed by atoms with E-state index in [4.69, 9.17) is 0 Å². The molecule has 0 bridgehead atoms. The van der Waals surface area contributed by atoms with Gasteiger partial charge in [0.2, 0.25) is 0 Å². The van der Waals surface area contributed by atoms with Crippen LogP contribution in [0.15, 0.2) is 54.9 Å². The highest BCUT2D eigenvalue weighted by Gasteiger charge is 2.30. The molecule has 0 aliphatic rings. The van der Waals surface area contributed by atoms with Gasteiger partial charge in [-0.25, -0.2) is 9.97 Å². The highest BCUT2D eigenvalue weighted by atomic mass is 19.4. The largest absolute Gasteiger partial charge is 0.416 e. The molecule has 0 spiro atoms. The highest BCUT2D eigenvalue weighted by molar-refractivity contribution is 6.03. The molecular weight excluding hydrogens is 371 g/mol. The van der Waals surface area contributed by atoms with Crippen LogP contribution in [-0.2, 0) is 12.7 Å². The first-order chi connectivity index (χ1) is 13.3. The number of aromatic nitrogens is 3. The Kier molecular flexibility index (Phi) is 5.53. The Bertz CT molecular complexity index is 960. The Morgan fingerprint density at radius 3 is 2.36 bits per heavy atom. The van der Waals surface area contributed by atoms with Crippen LogP contribution in [0.5, 0.6) is 0 Å². The zero-order chi connectivity index (χ0) is 20.1. The van der Waals surface area contributed by atoms with Crippen LogP contribution in [0.3, 0.4) is 0 Å². The van der Waals surface area contributed by atoms with Crippen molar-refractivity contribution in [3.05, 3.63) is 77.5 Å². The lowest BCUT2D eigenvalue weighted by Crippen LogP contribution is -2.16. The van der Waals surface area contributed by atoms with E-state index in [1.807, 2.05) is 12.1 Å². The monoisotopic (exact) mass is 387 g/mol. The number of aryl methyl sites for hydroxylation is 1. The molecule has 2 aromatic heterocycles. The first-order valence-electron chi connectivity index (χ1n) is 8.28. The molecule has 144 valence electrons. The van der Waals surface area contributed by atoms with E-state index in [-0.39, 0.29) is 11.4 Å². The molecule has 1 aromatic carbocycles. The van der Waals surface area contributed by atoms with Gasteiger partial charge in [0.05, 0.1) is 5.56 Å². The Morgan fingerprint density at radius 2 is 1.71 bits per heavy atom. The van der Waals surface area contributed by atoms with Gasteiger partial charge in [-0.2, -0.15) is 13.2 Å². The first-order valence-corrected chi connectivity index (χ1v) is 8.28. The summed E-state index contributed by atoms with van der Waals surface area (Å²) in [6.07, 6.45) is -1.09. The van der Waals surface area contributed by atoms with Crippen molar-refractivity contribution in [2.24, 2.45) is 0 Å². The van der Waals surface area contributed by atoms with Crippen molar-refractivity contribution in [1.29, 1.82) is 0 Å². The third-order valence-corrected chi connectivity index (χ3v) is 3.76. The topological polar surface area (TPSA) is 79.8 Å². The number of anilines is 2. The molecule has 3 aromatic rings. The maximum Gasteiger partial charge on any atom is 0.416 e. The van der Waals surface area contributed by atoms with E-state index < -0.39 is 17.6 Å². The Hall–Kier alpha value is -3.49. The van der Waals surface area contributed by atoms with Crippen LogP contribution >= 0.6 is 0 Å². The normalized spacial score (nSPS) is 11.1. The van der Waals surface area contributed by atoms with Crippen LogP contribution in [0.1, 0.15) is 27.4 Å². The first kappa shape index (κ1) is 19.3. The summed E-state index contributed by atoms with van der Waals surface area (Å²) in [5, 5.41) is 5.63. The molecule has 0 saturated carbocycles. The summed E-state index contributed by atoms with van der Waals surface area (Å²) in [5.41, 5.74) is 0.540. The molecule has 3 rings (SSSR count). The van der Waals surface area contributed by atoms with Gasteiger partial charge in [0, 0.05) is 30.7 Å². The van der Waals surface area contributed by atoms with Crippen molar-refractivity contribution in [2.75, 3.05) is 10.6 Å². The fourth-order valence-corrected chi connectivity index (χ4v) is 2.41. The molecule has 2 heterocycles. The van der Waals surface area contributed by atoms with E-state index in [1.165, 1.54) is 18.2 Å². The third kappa shape index (κ3) is 5.03. The van der Waals surface area contributed by atoms with E-state index in [0.29, 0.717) is 18.2 Å². The minimum absolute atomic E-state index is 0.102. The van der Waals surface area contributed by atoms with Gasteiger partial charge in [-0.3, -0.25) is 9.78 Å². The van der Waals surface area contributed by atoms with Gasteiger partial charge < -0.3 is 10.6 Å². The Labute approximate surface area is 158 Å². The number of hydrogen-bond donors (Lipinski definition) is 2. The van der Waals surface area contributed by atoms with Crippen molar-refractivity contribution >= 4 is 17.4 Å². The highest BCUT2D eigenvalue weighted by Crippen LogP contribution is 2.29. The van der Waals surface area contributed by atoms with Crippen LogP contribution in [-0.4, -0.2) is 20.9 Å². The van der Waals surface area contributed by atoms with Crippen molar-refractivity contribution in [2.45, 2.75) is 19.6 Å². The molecule has 28 heavy (non-hydrogen) atoms. The number of pyridine rings is 1. The van der Waals surface area contributed by atoms with Gasteiger partial charge in [-0.05, 0) is 48.9 Å². The molecule has 0 unspecified atom stereocenters. The number of halogens is 3. The Balaban J connectivity index is 1.70. The smallest absolute Gasteiger partial charge is 0.366 e. The molecule has 0 aliphatic heterocycles. The van der Waals surface area contributed by atoms with Crippen molar-refractivity contribution in [3.8, 4) is 0 Å². The molecule has 0 saturated heterocycles. The molecule has 0 radical (unpaired) electrons. The van der Waals surface area contributed by atoms with E-state index in [0.717, 1.165) is 17.7 Å². The molecule has 0 fully saturated rings. The summed E-state index contributed by atoms with van der Waals surface area (Å²) in [6, 6.07) is 9.37. The zero-order valence-electron chi connectivity index (χ0n) is 14.8. The number of carbonyl (C=O) groups is 1. The quantitative estimate of drug-likeness (QED) is 0.690. The van der Waals surface area contributed by atoms with E-state index >= 15 is 0 Å². The van der Waals surface area contributed by atoms with Crippen molar-refractivity contribution in [1.82, 2.24) is 15.0 Å². The minimum atomic E-state index is -4.43.